The molecular formula is C26H42O5Si. The van der Waals surface area contributed by atoms with Crippen LogP contribution in [0, 0.1) is 0 Å². The Balaban J connectivity index is 1.90. The molecule has 1 saturated heterocycles. The minimum absolute atomic E-state index is 0.00974. The van der Waals surface area contributed by atoms with Gasteiger partial charge in [-0.25, -0.2) is 0 Å². The highest BCUT2D eigenvalue weighted by molar-refractivity contribution is 6.74. The van der Waals surface area contributed by atoms with E-state index in [0.29, 0.717) is 6.61 Å². The molecule has 0 radical (unpaired) electrons. The third kappa shape index (κ3) is 5.84. The molecule has 1 aliphatic heterocycles. The molecule has 0 aromatic heterocycles. The summed E-state index contributed by atoms with van der Waals surface area (Å²) in [6, 6.07) is 7.99. The minimum atomic E-state index is -2.07. The van der Waals surface area contributed by atoms with Crippen molar-refractivity contribution in [3.8, 4) is 5.75 Å². The van der Waals surface area contributed by atoms with Crippen molar-refractivity contribution < 1.29 is 23.4 Å². The van der Waals surface area contributed by atoms with Crippen LogP contribution in [0.1, 0.15) is 59.4 Å². The highest BCUT2D eigenvalue weighted by Crippen LogP contribution is 2.43. The van der Waals surface area contributed by atoms with Crippen molar-refractivity contribution in [2.75, 3.05) is 7.11 Å². The molecule has 5 nitrogen and oxygen atoms in total. The van der Waals surface area contributed by atoms with E-state index in [1.807, 2.05) is 38.1 Å². The summed E-state index contributed by atoms with van der Waals surface area (Å²) in [6.45, 7) is 20.2. The fourth-order valence-electron chi connectivity index (χ4n) is 4.18. The first-order valence-electron chi connectivity index (χ1n) is 11.8. The maximum absolute atomic E-state index is 6.96. The van der Waals surface area contributed by atoms with Gasteiger partial charge in [-0.1, -0.05) is 39.5 Å². The predicted molar refractivity (Wildman–Crippen MR) is 130 cm³/mol. The molecule has 0 unspecified atom stereocenters. The lowest BCUT2D eigenvalue weighted by molar-refractivity contribution is -0.168. The molecule has 1 aromatic carbocycles. The average Bonchev–Trinajstić information content (AvgIpc) is 2.99. The van der Waals surface area contributed by atoms with Crippen LogP contribution in [0.25, 0.3) is 0 Å². The van der Waals surface area contributed by atoms with Gasteiger partial charge in [-0.3, -0.25) is 0 Å². The summed E-state index contributed by atoms with van der Waals surface area (Å²) in [5.41, 5.74) is 2.18. The SMILES string of the molecule is C=C1CCC[C@H]2OC(C)(C)O[C@H]2[C@@H](OCc2ccc(OC)cc2)[C@H]1O[Si](C)(C)C(C)(C)C. The molecule has 1 aliphatic carbocycles. The Morgan fingerprint density at radius 3 is 2.38 bits per heavy atom. The standard InChI is InChI=1S/C26H42O5Si/c1-18-11-10-12-21-23(30-26(5,6)29-21)24(22(18)31-32(8,9)25(2,3)4)28-17-19-13-15-20(27-7)16-14-19/h13-16,21-24H,1,10-12,17H2,2-9H3/t21-,22+,23-,24+/m1/s1. The molecule has 6 heteroatoms. The summed E-state index contributed by atoms with van der Waals surface area (Å²) < 4.78 is 31.6. The van der Waals surface area contributed by atoms with Gasteiger partial charge in [0, 0.05) is 0 Å². The molecule has 0 spiro atoms. The van der Waals surface area contributed by atoms with Crippen LogP contribution in [0.5, 0.6) is 5.75 Å². The number of hydrogen-bond acceptors (Lipinski definition) is 5. The van der Waals surface area contributed by atoms with E-state index in [9.17, 15) is 0 Å². The highest BCUT2D eigenvalue weighted by Gasteiger charge is 2.51. The number of fused-ring (bicyclic) bond motifs is 1. The fourth-order valence-corrected chi connectivity index (χ4v) is 5.47. The quantitative estimate of drug-likeness (QED) is 0.370. The average molecular weight is 463 g/mol. The van der Waals surface area contributed by atoms with Crippen LogP contribution in [-0.2, 0) is 25.2 Å². The predicted octanol–water partition coefficient (Wildman–Crippen LogP) is 6.23. The lowest BCUT2D eigenvalue weighted by Crippen LogP contribution is -2.53. The van der Waals surface area contributed by atoms with E-state index in [-0.39, 0.29) is 29.5 Å². The summed E-state index contributed by atoms with van der Waals surface area (Å²) >= 11 is 0. The van der Waals surface area contributed by atoms with Crippen molar-refractivity contribution in [1.82, 2.24) is 0 Å². The van der Waals surface area contributed by atoms with Crippen LogP contribution in [-0.4, -0.2) is 45.6 Å². The van der Waals surface area contributed by atoms with Crippen LogP contribution in [0.3, 0.4) is 0 Å². The zero-order valence-electron chi connectivity index (χ0n) is 21.2. The van der Waals surface area contributed by atoms with Gasteiger partial charge in [0.1, 0.15) is 18.0 Å². The third-order valence-electron chi connectivity index (χ3n) is 7.06. The maximum Gasteiger partial charge on any atom is 0.193 e. The molecule has 2 fully saturated rings. The second-order valence-electron chi connectivity index (χ2n) is 11.1. The van der Waals surface area contributed by atoms with Crippen molar-refractivity contribution in [1.29, 1.82) is 0 Å². The number of benzene rings is 1. The van der Waals surface area contributed by atoms with Gasteiger partial charge in [0.15, 0.2) is 14.1 Å². The number of rotatable bonds is 6. The van der Waals surface area contributed by atoms with E-state index in [0.717, 1.165) is 36.1 Å². The van der Waals surface area contributed by atoms with Gasteiger partial charge in [-0.2, -0.15) is 0 Å². The highest BCUT2D eigenvalue weighted by atomic mass is 28.4. The molecule has 4 atom stereocenters. The fraction of sp³-hybridized carbons (Fsp3) is 0.692. The van der Waals surface area contributed by atoms with Gasteiger partial charge < -0.3 is 23.4 Å². The first-order valence-corrected chi connectivity index (χ1v) is 14.7. The zero-order chi connectivity index (χ0) is 23.7. The van der Waals surface area contributed by atoms with E-state index in [4.69, 9.17) is 23.4 Å². The molecule has 1 aromatic rings. The second kappa shape index (κ2) is 9.59. The molecule has 0 N–H and O–H groups in total. The van der Waals surface area contributed by atoms with Crippen LogP contribution < -0.4 is 4.74 Å². The lowest BCUT2D eigenvalue weighted by Gasteiger charge is -2.44. The molecule has 1 saturated carbocycles. The van der Waals surface area contributed by atoms with E-state index in [2.05, 4.69) is 40.4 Å². The normalized spacial score (nSPS) is 28.7. The summed E-state index contributed by atoms with van der Waals surface area (Å²) in [7, 11) is -0.394. The Bertz CT molecular complexity index is 780. The number of methoxy groups -OCH3 is 1. The largest absolute Gasteiger partial charge is 0.497 e. The topological polar surface area (TPSA) is 46.2 Å². The summed E-state index contributed by atoms with van der Waals surface area (Å²) in [5, 5.41) is 0.0852. The molecule has 3 rings (SSSR count). The van der Waals surface area contributed by atoms with E-state index < -0.39 is 14.1 Å². The third-order valence-corrected chi connectivity index (χ3v) is 11.5. The molecule has 0 amide bonds. The van der Waals surface area contributed by atoms with Gasteiger partial charge in [-0.05, 0) is 74.5 Å². The number of ether oxygens (including phenoxy) is 4. The van der Waals surface area contributed by atoms with Crippen LogP contribution in [0.2, 0.25) is 18.1 Å². The van der Waals surface area contributed by atoms with Crippen molar-refractivity contribution in [2.24, 2.45) is 0 Å². The van der Waals surface area contributed by atoms with Gasteiger partial charge >= 0.3 is 0 Å². The zero-order valence-corrected chi connectivity index (χ0v) is 22.2. The second-order valence-corrected chi connectivity index (χ2v) is 15.9. The van der Waals surface area contributed by atoms with Gasteiger partial charge in [0.2, 0.25) is 0 Å². The number of hydrogen-bond donors (Lipinski definition) is 0. The van der Waals surface area contributed by atoms with Crippen molar-refractivity contribution >= 4 is 8.32 Å². The smallest absolute Gasteiger partial charge is 0.193 e. The van der Waals surface area contributed by atoms with E-state index in [1.165, 1.54) is 0 Å². The van der Waals surface area contributed by atoms with Crippen molar-refractivity contribution in [3.05, 3.63) is 42.0 Å². The van der Waals surface area contributed by atoms with Crippen LogP contribution >= 0.6 is 0 Å². The van der Waals surface area contributed by atoms with Gasteiger partial charge in [-0.15, -0.1) is 0 Å². The molecule has 0 bridgehead atoms. The first kappa shape index (κ1) is 25.4. The van der Waals surface area contributed by atoms with Gasteiger partial charge in [0.05, 0.1) is 25.9 Å². The Morgan fingerprint density at radius 1 is 1.12 bits per heavy atom. The summed E-state index contributed by atoms with van der Waals surface area (Å²) in [5.74, 6) is 0.200. The first-order chi connectivity index (χ1) is 14.8. The van der Waals surface area contributed by atoms with Crippen molar-refractivity contribution in [3.63, 3.8) is 0 Å². The van der Waals surface area contributed by atoms with E-state index >= 15 is 0 Å². The minimum Gasteiger partial charge on any atom is -0.497 e. The van der Waals surface area contributed by atoms with Crippen LogP contribution in [0.15, 0.2) is 36.4 Å². The van der Waals surface area contributed by atoms with E-state index in [1.54, 1.807) is 7.11 Å². The maximum atomic E-state index is 6.96. The lowest BCUT2D eigenvalue weighted by atomic mass is 9.89. The Kier molecular flexibility index (Phi) is 7.62. The molecule has 1 heterocycles. The monoisotopic (exact) mass is 462 g/mol. The Hall–Kier alpha value is -1.18. The molecular weight excluding hydrogens is 420 g/mol. The summed E-state index contributed by atoms with van der Waals surface area (Å²) in [4.78, 5) is 0. The Labute approximate surface area is 195 Å². The molecule has 2 aliphatic rings. The van der Waals surface area contributed by atoms with Crippen LogP contribution in [0.4, 0.5) is 0 Å². The van der Waals surface area contributed by atoms with Crippen molar-refractivity contribution in [2.45, 2.75) is 109 Å². The van der Waals surface area contributed by atoms with Gasteiger partial charge in [0.25, 0.3) is 0 Å². The molecule has 180 valence electrons. The summed E-state index contributed by atoms with van der Waals surface area (Å²) in [6.07, 6.45) is 2.14. The Morgan fingerprint density at radius 2 is 1.78 bits per heavy atom. The molecule has 32 heavy (non-hydrogen) atoms.